The first-order valence-corrected chi connectivity index (χ1v) is 9.76. The molecule has 0 atom stereocenters. The maximum atomic E-state index is 12.8. The van der Waals surface area contributed by atoms with E-state index in [1.165, 1.54) is 17.4 Å². The van der Waals surface area contributed by atoms with Crippen LogP contribution in [0.15, 0.2) is 51.9 Å². The highest BCUT2D eigenvalue weighted by Gasteiger charge is 2.24. The molecule has 0 aliphatic rings. The number of sulfonamides is 1. The second kappa shape index (κ2) is 7.50. The van der Waals surface area contributed by atoms with E-state index in [0.717, 1.165) is 16.7 Å². The van der Waals surface area contributed by atoms with Crippen LogP contribution in [-0.4, -0.2) is 37.0 Å². The summed E-state index contributed by atoms with van der Waals surface area (Å²) in [7, 11) is -0.673. The molecule has 0 radical (unpaired) electrons. The third-order valence-corrected chi connectivity index (χ3v) is 5.98. The van der Waals surface area contributed by atoms with Crippen LogP contribution in [-0.2, 0) is 16.6 Å². The van der Waals surface area contributed by atoms with Gasteiger partial charge in [-0.2, -0.15) is 9.29 Å². The second-order valence-corrected chi connectivity index (χ2v) is 8.32. The SMILES string of the molecule is COc1ccc(S(=O)(=O)N(C)Cc2nc(-c3cccc(C)c3)no2)cc1C. The van der Waals surface area contributed by atoms with E-state index in [9.17, 15) is 8.42 Å². The lowest BCUT2D eigenvalue weighted by Gasteiger charge is -2.16. The first kappa shape index (κ1) is 19.1. The topological polar surface area (TPSA) is 85.5 Å². The van der Waals surface area contributed by atoms with Crippen LogP contribution in [0.3, 0.4) is 0 Å². The molecule has 0 unspecified atom stereocenters. The third-order valence-electron chi connectivity index (χ3n) is 4.18. The normalized spacial score (nSPS) is 11.7. The van der Waals surface area contributed by atoms with Crippen LogP contribution in [0.25, 0.3) is 11.4 Å². The molecule has 0 amide bonds. The molecular weight excluding hydrogens is 366 g/mol. The third kappa shape index (κ3) is 4.01. The van der Waals surface area contributed by atoms with E-state index in [4.69, 9.17) is 9.26 Å². The van der Waals surface area contributed by atoms with Gasteiger partial charge in [-0.3, -0.25) is 0 Å². The first-order valence-electron chi connectivity index (χ1n) is 8.32. The smallest absolute Gasteiger partial charge is 0.243 e. The lowest BCUT2D eigenvalue weighted by atomic mass is 10.1. The molecule has 0 spiro atoms. The van der Waals surface area contributed by atoms with Gasteiger partial charge in [-0.25, -0.2) is 8.42 Å². The number of hydrogen-bond donors (Lipinski definition) is 0. The summed E-state index contributed by atoms with van der Waals surface area (Å²) in [4.78, 5) is 4.49. The summed E-state index contributed by atoms with van der Waals surface area (Å²) < 4.78 is 37.2. The highest BCUT2D eigenvalue weighted by molar-refractivity contribution is 7.89. The summed E-state index contributed by atoms with van der Waals surface area (Å²) in [5.41, 5.74) is 2.64. The van der Waals surface area contributed by atoms with Crippen LogP contribution in [0.1, 0.15) is 17.0 Å². The molecule has 8 heteroatoms. The van der Waals surface area contributed by atoms with Crippen molar-refractivity contribution < 1.29 is 17.7 Å². The first-order chi connectivity index (χ1) is 12.8. The van der Waals surface area contributed by atoms with Gasteiger partial charge in [0.05, 0.1) is 18.6 Å². The molecule has 0 N–H and O–H groups in total. The van der Waals surface area contributed by atoms with Gasteiger partial charge in [0, 0.05) is 12.6 Å². The molecule has 3 rings (SSSR count). The Bertz CT molecular complexity index is 1060. The average Bonchev–Trinajstić information content (AvgIpc) is 3.10. The maximum Gasteiger partial charge on any atom is 0.243 e. The fraction of sp³-hybridized carbons (Fsp3) is 0.263. The number of aryl methyl sites for hydroxylation is 2. The number of hydrogen-bond acceptors (Lipinski definition) is 6. The molecule has 0 fully saturated rings. The minimum absolute atomic E-state index is 0.0216. The number of nitrogens with zero attached hydrogens (tertiary/aromatic N) is 3. The van der Waals surface area contributed by atoms with E-state index >= 15 is 0 Å². The van der Waals surface area contributed by atoms with Crippen LogP contribution in [0, 0.1) is 13.8 Å². The molecule has 0 aliphatic carbocycles. The molecule has 0 bridgehead atoms. The lowest BCUT2D eigenvalue weighted by Crippen LogP contribution is -2.26. The Morgan fingerprint density at radius 3 is 2.59 bits per heavy atom. The molecule has 0 saturated carbocycles. The van der Waals surface area contributed by atoms with E-state index in [1.54, 1.807) is 26.2 Å². The van der Waals surface area contributed by atoms with Crippen molar-refractivity contribution in [2.24, 2.45) is 0 Å². The molecule has 1 aromatic heterocycles. The standard InChI is InChI=1S/C19H21N3O4S/c1-13-6-5-7-15(10-13)19-20-18(26-21-19)12-22(3)27(23,24)16-8-9-17(25-4)14(2)11-16/h5-11H,12H2,1-4H3. The van der Waals surface area contributed by atoms with Gasteiger partial charge in [0.25, 0.3) is 0 Å². The van der Waals surface area contributed by atoms with Gasteiger partial charge in [-0.15, -0.1) is 0 Å². The van der Waals surface area contributed by atoms with Crippen LogP contribution < -0.4 is 4.74 Å². The molecule has 2 aromatic carbocycles. The van der Waals surface area contributed by atoms with Crippen LogP contribution in [0.5, 0.6) is 5.75 Å². The van der Waals surface area contributed by atoms with Crippen molar-refractivity contribution in [1.29, 1.82) is 0 Å². The summed E-state index contributed by atoms with van der Waals surface area (Å²) >= 11 is 0. The Kier molecular flexibility index (Phi) is 5.29. The number of aromatic nitrogens is 2. The fourth-order valence-corrected chi connectivity index (χ4v) is 3.89. The van der Waals surface area contributed by atoms with Gasteiger partial charge in [0.15, 0.2) is 0 Å². The Balaban J connectivity index is 1.80. The van der Waals surface area contributed by atoms with E-state index in [1.807, 2.05) is 31.2 Å². The van der Waals surface area contributed by atoms with E-state index < -0.39 is 10.0 Å². The minimum Gasteiger partial charge on any atom is -0.496 e. The van der Waals surface area contributed by atoms with Crippen LogP contribution in [0.4, 0.5) is 0 Å². The van der Waals surface area contributed by atoms with Gasteiger partial charge in [-0.1, -0.05) is 28.9 Å². The summed E-state index contributed by atoms with van der Waals surface area (Å²) in [5, 5.41) is 3.95. The molecule has 0 aliphatic heterocycles. The molecule has 0 saturated heterocycles. The van der Waals surface area contributed by atoms with Crippen molar-refractivity contribution in [3.63, 3.8) is 0 Å². The zero-order valence-corrected chi connectivity index (χ0v) is 16.4. The predicted octanol–water partition coefficient (Wildman–Crippen LogP) is 3.18. The van der Waals surface area contributed by atoms with E-state index in [-0.39, 0.29) is 17.3 Å². The highest BCUT2D eigenvalue weighted by atomic mass is 32.2. The summed E-state index contributed by atoms with van der Waals surface area (Å²) in [5.74, 6) is 1.29. The van der Waals surface area contributed by atoms with E-state index in [0.29, 0.717) is 11.6 Å². The number of ether oxygens (including phenoxy) is 1. The summed E-state index contributed by atoms with van der Waals surface area (Å²) in [6, 6.07) is 12.4. The minimum atomic E-state index is -3.70. The molecule has 7 nitrogen and oxygen atoms in total. The monoisotopic (exact) mass is 387 g/mol. The number of benzene rings is 2. The molecule has 1 heterocycles. The molecule has 3 aromatic rings. The van der Waals surface area contributed by atoms with Gasteiger partial charge in [0.2, 0.25) is 21.7 Å². The summed E-state index contributed by atoms with van der Waals surface area (Å²) in [6.07, 6.45) is 0. The molecule has 142 valence electrons. The second-order valence-electron chi connectivity index (χ2n) is 6.27. The van der Waals surface area contributed by atoms with Crippen molar-refractivity contribution in [2.75, 3.05) is 14.2 Å². The molecular formula is C19H21N3O4S. The van der Waals surface area contributed by atoms with Crippen molar-refractivity contribution in [2.45, 2.75) is 25.3 Å². The Hall–Kier alpha value is -2.71. The average molecular weight is 387 g/mol. The van der Waals surface area contributed by atoms with Gasteiger partial charge >= 0.3 is 0 Å². The fourth-order valence-electron chi connectivity index (χ4n) is 2.69. The van der Waals surface area contributed by atoms with Crippen molar-refractivity contribution >= 4 is 10.0 Å². The Morgan fingerprint density at radius 1 is 1.15 bits per heavy atom. The maximum absolute atomic E-state index is 12.8. The van der Waals surface area contributed by atoms with Crippen LogP contribution in [0.2, 0.25) is 0 Å². The number of methoxy groups -OCH3 is 1. The predicted molar refractivity (Wildman–Crippen MR) is 101 cm³/mol. The zero-order chi connectivity index (χ0) is 19.6. The Morgan fingerprint density at radius 2 is 1.93 bits per heavy atom. The van der Waals surface area contributed by atoms with Gasteiger partial charge < -0.3 is 9.26 Å². The Labute approximate surface area is 158 Å². The van der Waals surface area contributed by atoms with Gasteiger partial charge in [0.1, 0.15) is 5.75 Å². The lowest BCUT2D eigenvalue weighted by molar-refractivity contribution is 0.336. The van der Waals surface area contributed by atoms with Crippen molar-refractivity contribution in [3.8, 4) is 17.1 Å². The van der Waals surface area contributed by atoms with Crippen molar-refractivity contribution in [1.82, 2.24) is 14.4 Å². The molecule has 27 heavy (non-hydrogen) atoms. The van der Waals surface area contributed by atoms with E-state index in [2.05, 4.69) is 10.1 Å². The number of rotatable bonds is 6. The largest absolute Gasteiger partial charge is 0.496 e. The van der Waals surface area contributed by atoms with Crippen LogP contribution >= 0.6 is 0 Å². The summed E-state index contributed by atoms with van der Waals surface area (Å²) in [6.45, 7) is 3.75. The van der Waals surface area contributed by atoms with Crippen molar-refractivity contribution in [3.05, 3.63) is 59.5 Å². The quantitative estimate of drug-likeness (QED) is 0.646. The van der Waals surface area contributed by atoms with Gasteiger partial charge in [-0.05, 0) is 43.7 Å². The highest BCUT2D eigenvalue weighted by Crippen LogP contribution is 2.24. The zero-order valence-electron chi connectivity index (χ0n) is 15.6.